The summed E-state index contributed by atoms with van der Waals surface area (Å²) in [4.78, 5) is 2.61. The van der Waals surface area contributed by atoms with Gasteiger partial charge >= 0.3 is 0 Å². The van der Waals surface area contributed by atoms with Crippen molar-refractivity contribution in [3.05, 3.63) is 118 Å². The van der Waals surface area contributed by atoms with Crippen LogP contribution in [0.1, 0.15) is 125 Å². The van der Waals surface area contributed by atoms with Gasteiger partial charge < -0.3 is 0 Å². The number of rotatable bonds is 18. The molecule has 0 fully saturated rings. The number of fused-ring (bicyclic) bond motifs is 3. The minimum absolute atomic E-state index is 0.0151. The van der Waals surface area contributed by atoms with Crippen molar-refractivity contribution in [1.82, 2.24) is 0 Å². The molecule has 5 rings (SSSR count). The van der Waals surface area contributed by atoms with Gasteiger partial charge in [-0.15, -0.1) is 23.5 Å². The van der Waals surface area contributed by atoms with E-state index in [0.29, 0.717) is 11.8 Å². The van der Waals surface area contributed by atoms with Crippen LogP contribution in [0, 0.1) is 11.8 Å². The van der Waals surface area contributed by atoms with Crippen molar-refractivity contribution in [3.8, 4) is 11.1 Å². The molecule has 0 radical (unpaired) electrons. The maximum Gasteiger partial charge on any atom is 0.0220 e. The molecule has 0 spiro atoms. The maximum atomic E-state index is 2.57. The SMILES string of the molecule is CCCCC(CC)CC1(CC(CC)CCCC)c2cc(/C=C/c3ccc(SC)cc3)ccc2-c2ccc(/C=C/c3ccc(SC)cc3)cc21. The number of hydrogen-bond donors (Lipinski definition) is 0. The van der Waals surface area contributed by atoms with Crippen molar-refractivity contribution < 1.29 is 0 Å². The molecule has 4 aromatic carbocycles. The highest BCUT2D eigenvalue weighted by atomic mass is 32.2. The number of unbranched alkanes of at least 4 members (excludes halogenated alkanes) is 2. The Balaban J connectivity index is 1.62. The fraction of sp³-hybridized carbons (Fsp3) is 0.404. The molecule has 0 amide bonds. The van der Waals surface area contributed by atoms with Gasteiger partial charge in [-0.1, -0.05) is 164 Å². The van der Waals surface area contributed by atoms with Crippen LogP contribution in [0.3, 0.4) is 0 Å². The van der Waals surface area contributed by atoms with Crippen molar-refractivity contribution in [1.29, 1.82) is 0 Å². The van der Waals surface area contributed by atoms with Crippen LogP contribution in [0.2, 0.25) is 0 Å². The largest absolute Gasteiger partial charge is 0.130 e. The Labute approximate surface area is 307 Å². The summed E-state index contributed by atoms with van der Waals surface area (Å²) in [6.45, 7) is 9.56. The first-order chi connectivity index (χ1) is 24.0. The molecule has 2 unspecified atom stereocenters. The summed E-state index contributed by atoms with van der Waals surface area (Å²) in [5.41, 5.74) is 11.2. The van der Waals surface area contributed by atoms with E-state index in [1.807, 2.05) is 0 Å². The molecular weight excluding hydrogens is 629 g/mol. The third-order valence-corrected chi connectivity index (χ3v) is 12.4. The lowest BCUT2D eigenvalue weighted by Crippen LogP contribution is -2.31. The molecule has 1 aliphatic rings. The van der Waals surface area contributed by atoms with E-state index in [1.54, 1.807) is 34.7 Å². The second-order valence-corrected chi connectivity index (χ2v) is 15.9. The predicted molar refractivity (Wildman–Crippen MR) is 223 cm³/mol. The average molecular weight is 687 g/mol. The summed E-state index contributed by atoms with van der Waals surface area (Å²) in [6, 6.07) is 32.6. The minimum Gasteiger partial charge on any atom is -0.130 e. The quantitative estimate of drug-likeness (QED) is 0.0755. The fourth-order valence-corrected chi connectivity index (χ4v) is 8.76. The molecule has 2 atom stereocenters. The first-order valence-electron chi connectivity index (χ1n) is 18.9. The zero-order valence-electron chi connectivity index (χ0n) is 30.9. The Hall–Kier alpha value is -2.94. The van der Waals surface area contributed by atoms with Crippen molar-refractivity contribution in [2.24, 2.45) is 11.8 Å². The standard InChI is InChI=1S/C47H58S2/c1-7-11-13-35(9-3)33-47(34-36(10-4)14-12-8-2)45-31-39(17-15-37-19-25-41(48-5)26-20-37)23-29-43(45)44-30-24-40(32-46(44)47)18-16-38-21-27-42(49-6)28-22-38/h15-32,35-36H,7-14,33-34H2,1-6H3/b17-15+,18-16+. The average Bonchev–Trinajstić information content (AvgIpc) is 3.41. The smallest absolute Gasteiger partial charge is 0.0220 e. The lowest BCUT2D eigenvalue weighted by molar-refractivity contribution is 0.266. The Morgan fingerprint density at radius 1 is 0.510 bits per heavy atom. The van der Waals surface area contributed by atoms with E-state index >= 15 is 0 Å². The van der Waals surface area contributed by atoms with E-state index in [0.717, 1.165) is 0 Å². The molecule has 1 aliphatic carbocycles. The van der Waals surface area contributed by atoms with Crippen LogP contribution >= 0.6 is 23.5 Å². The molecule has 0 saturated carbocycles. The summed E-state index contributed by atoms with van der Waals surface area (Å²) in [5.74, 6) is 1.43. The lowest BCUT2D eigenvalue weighted by Gasteiger charge is -2.39. The van der Waals surface area contributed by atoms with E-state index in [9.17, 15) is 0 Å². The molecule has 4 aromatic rings. The molecule has 0 heterocycles. The Bertz CT molecular complexity index is 1550. The van der Waals surface area contributed by atoms with Gasteiger partial charge in [0.15, 0.2) is 0 Å². The van der Waals surface area contributed by atoms with Crippen molar-refractivity contribution in [2.75, 3.05) is 12.5 Å². The van der Waals surface area contributed by atoms with E-state index in [2.05, 4.69) is 149 Å². The van der Waals surface area contributed by atoms with Crippen LogP contribution in [-0.4, -0.2) is 12.5 Å². The Morgan fingerprint density at radius 3 is 1.22 bits per heavy atom. The monoisotopic (exact) mass is 686 g/mol. The van der Waals surface area contributed by atoms with Gasteiger partial charge in [-0.25, -0.2) is 0 Å². The second kappa shape index (κ2) is 18.3. The number of benzene rings is 4. The van der Waals surface area contributed by atoms with Crippen molar-refractivity contribution in [3.63, 3.8) is 0 Å². The lowest BCUT2D eigenvalue weighted by atomic mass is 9.65. The zero-order valence-corrected chi connectivity index (χ0v) is 32.6. The summed E-state index contributed by atoms with van der Waals surface area (Å²) in [7, 11) is 0. The van der Waals surface area contributed by atoms with Crippen molar-refractivity contribution >= 4 is 47.8 Å². The first kappa shape index (κ1) is 37.3. The molecule has 0 bridgehead atoms. The van der Waals surface area contributed by atoms with Crippen LogP contribution in [0.25, 0.3) is 35.4 Å². The highest BCUT2D eigenvalue weighted by Crippen LogP contribution is 2.57. The summed E-state index contributed by atoms with van der Waals surface area (Å²) >= 11 is 3.59. The van der Waals surface area contributed by atoms with Crippen LogP contribution in [0.15, 0.2) is 94.7 Å². The van der Waals surface area contributed by atoms with Gasteiger partial charge in [-0.05, 0) is 106 Å². The summed E-state index contributed by atoms with van der Waals surface area (Å²) in [5, 5.41) is 0. The molecule has 258 valence electrons. The third-order valence-electron chi connectivity index (χ3n) is 10.9. The van der Waals surface area contributed by atoms with E-state index in [4.69, 9.17) is 0 Å². The molecule has 0 aliphatic heterocycles. The predicted octanol–water partition coefficient (Wildman–Crippen LogP) is 15.0. The normalized spacial score (nSPS) is 14.7. The van der Waals surface area contributed by atoms with Crippen LogP contribution in [-0.2, 0) is 5.41 Å². The molecule has 49 heavy (non-hydrogen) atoms. The molecule has 2 heteroatoms. The summed E-state index contributed by atoms with van der Waals surface area (Å²) in [6.07, 6.45) is 26.3. The maximum absolute atomic E-state index is 2.57. The van der Waals surface area contributed by atoms with Gasteiger partial charge in [0, 0.05) is 15.2 Å². The van der Waals surface area contributed by atoms with E-state index in [1.165, 1.54) is 107 Å². The number of hydrogen-bond acceptors (Lipinski definition) is 2. The van der Waals surface area contributed by atoms with Crippen LogP contribution < -0.4 is 0 Å². The van der Waals surface area contributed by atoms with Gasteiger partial charge in [0.25, 0.3) is 0 Å². The third kappa shape index (κ3) is 9.25. The molecule has 0 nitrogen and oxygen atoms in total. The van der Waals surface area contributed by atoms with Crippen molar-refractivity contribution in [2.45, 2.75) is 107 Å². The van der Waals surface area contributed by atoms with Gasteiger partial charge in [-0.3, -0.25) is 0 Å². The van der Waals surface area contributed by atoms with Gasteiger partial charge in [0.05, 0.1) is 0 Å². The zero-order chi connectivity index (χ0) is 34.6. The minimum atomic E-state index is 0.0151. The van der Waals surface area contributed by atoms with E-state index < -0.39 is 0 Å². The van der Waals surface area contributed by atoms with E-state index in [-0.39, 0.29) is 5.41 Å². The second-order valence-electron chi connectivity index (χ2n) is 14.1. The van der Waals surface area contributed by atoms with Crippen LogP contribution in [0.5, 0.6) is 0 Å². The highest BCUT2D eigenvalue weighted by Gasteiger charge is 2.45. The Kier molecular flexibility index (Phi) is 14.0. The molecular formula is C47H58S2. The number of thioether (sulfide) groups is 2. The van der Waals surface area contributed by atoms with Gasteiger partial charge in [0.1, 0.15) is 0 Å². The topological polar surface area (TPSA) is 0 Å². The first-order valence-corrected chi connectivity index (χ1v) is 21.3. The van der Waals surface area contributed by atoms with Crippen LogP contribution in [0.4, 0.5) is 0 Å². The fourth-order valence-electron chi connectivity index (χ4n) is 7.95. The molecule has 0 saturated heterocycles. The molecule has 0 N–H and O–H groups in total. The van der Waals surface area contributed by atoms with Gasteiger partial charge in [0.2, 0.25) is 0 Å². The van der Waals surface area contributed by atoms with Gasteiger partial charge in [-0.2, -0.15) is 0 Å². The summed E-state index contributed by atoms with van der Waals surface area (Å²) < 4.78 is 0. The molecule has 0 aromatic heterocycles. The highest BCUT2D eigenvalue weighted by molar-refractivity contribution is 7.98. The Morgan fingerprint density at radius 2 is 0.878 bits per heavy atom.